The fourth-order valence-electron chi connectivity index (χ4n) is 2.90. The van der Waals surface area contributed by atoms with Crippen molar-refractivity contribution in [2.75, 3.05) is 5.73 Å². The lowest BCUT2D eigenvalue weighted by Gasteiger charge is -1.92. The normalized spacial score (nSPS) is 8.92. The van der Waals surface area contributed by atoms with Crippen LogP contribution in [0.5, 0.6) is 0 Å². The second-order valence-corrected chi connectivity index (χ2v) is 6.54. The number of rotatable bonds is 1. The molecular formula is C30H38N6O. The minimum atomic E-state index is 0.321. The summed E-state index contributed by atoms with van der Waals surface area (Å²) in [6.45, 7) is 12.0. The first-order valence-corrected chi connectivity index (χ1v) is 12.6. The van der Waals surface area contributed by atoms with Gasteiger partial charge in [-0.15, -0.1) is 0 Å². The van der Waals surface area contributed by atoms with Gasteiger partial charge >= 0.3 is 0 Å². The molecule has 0 fully saturated rings. The van der Waals surface area contributed by atoms with E-state index >= 15 is 0 Å². The Balaban J connectivity index is 0.000000253. The second-order valence-electron chi connectivity index (χ2n) is 6.54. The van der Waals surface area contributed by atoms with Crippen molar-refractivity contribution in [2.45, 2.75) is 41.5 Å². The zero-order chi connectivity index (χ0) is 27.3. The van der Waals surface area contributed by atoms with Gasteiger partial charge in [0.2, 0.25) is 0 Å². The molecule has 6 aromatic rings. The summed E-state index contributed by atoms with van der Waals surface area (Å²) in [5.41, 5.74) is 8.11. The van der Waals surface area contributed by atoms with E-state index in [0.29, 0.717) is 11.5 Å². The monoisotopic (exact) mass is 498 g/mol. The van der Waals surface area contributed by atoms with E-state index in [4.69, 9.17) is 5.73 Å². The minimum absolute atomic E-state index is 0.321. The van der Waals surface area contributed by atoms with Crippen LogP contribution in [0.2, 0.25) is 0 Å². The predicted octanol–water partition coefficient (Wildman–Crippen LogP) is 8.20. The molecule has 7 heteroatoms. The Kier molecular flexibility index (Phi) is 15.5. The molecule has 3 heterocycles. The Morgan fingerprint density at radius 1 is 0.622 bits per heavy atom. The standard InChI is InChI=1S/C9H7N.C8H7N3O.C7H6N2.3C2H6/c1-2-4-9-7-10-6-5-8(9)3-1;9-8-7(10-12-11-8)6-4-2-1-3-5-6;1-2-4-7-6(3-1)5-8-9-7;3*1-2/h1-7H;1-5H,(H2,9,11);1-5H,(H,8,9);3*1-2H3. The van der Waals surface area contributed by atoms with E-state index in [-0.39, 0.29) is 0 Å². The van der Waals surface area contributed by atoms with E-state index in [9.17, 15) is 0 Å². The summed E-state index contributed by atoms with van der Waals surface area (Å²) in [6.07, 6.45) is 5.49. The Bertz CT molecular complexity index is 1270. The van der Waals surface area contributed by atoms with Gasteiger partial charge in [0.15, 0.2) is 11.5 Å². The van der Waals surface area contributed by atoms with Crippen LogP contribution in [0, 0.1) is 0 Å². The third-order valence-corrected chi connectivity index (χ3v) is 4.46. The quantitative estimate of drug-likeness (QED) is 0.237. The maximum absolute atomic E-state index is 5.51. The molecule has 194 valence electrons. The van der Waals surface area contributed by atoms with Crippen LogP contribution in [0.15, 0.2) is 108 Å². The van der Waals surface area contributed by atoms with Crippen LogP contribution >= 0.6 is 0 Å². The van der Waals surface area contributed by atoms with Gasteiger partial charge in [0.1, 0.15) is 0 Å². The number of anilines is 1. The number of aromatic nitrogens is 5. The summed E-state index contributed by atoms with van der Waals surface area (Å²) in [5, 5.41) is 17.5. The Morgan fingerprint density at radius 3 is 1.81 bits per heavy atom. The van der Waals surface area contributed by atoms with E-state index < -0.39 is 0 Å². The van der Waals surface area contributed by atoms with Crippen molar-refractivity contribution < 1.29 is 4.63 Å². The number of H-pyrrole nitrogens is 1. The average Bonchev–Trinajstić information content (AvgIpc) is 3.66. The first kappa shape index (κ1) is 30.5. The van der Waals surface area contributed by atoms with Gasteiger partial charge in [-0.25, -0.2) is 4.63 Å². The van der Waals surface area contributed by atoms with Gasteiger partial charge in [0.05, 0.1) is 11.7 Å². The van der Waals surface area contributed by atoms with E-state index in [2.05, 4.69) is 42.3 Å². The summed E-state index contributed by atoms with van der Waals surface area (Å²) in [7, 11) is 0. The predicted molar refractivity (Wildman–Crippen MR) is 156 cm³/mol. The topological polar surface area (TPSA) is 107 Å². The van der Waals surface area contributed by atoms with Crippen LogP contribution in [0.4, 0.5) is 5.82 Å². The highest BCUT2D eigenvalue weighted by atomic mass is 16.6. The lowest BCUT2D eigenvalue weighted by atomic mass is 10.2. The van der Waals surface area contributed by atoms with Gasteiger partial charge in [-0.1, -0.05) is 114 Å². The van der Waals surface area contributed by atoms with Gasteiger partial charge in [-0.05, 0) is 33.2 Å². The van der Waals surface area contributed by atoms with Gasteiger partial charge in [-0.3, -0.25) is 10.1 Å². The third kappa shape index (κ3) is 9.93. The van der Waals surface area contributed by atoms with Crippen LogP contribution in [0.1, 0.15) is 41.5 Å². The smallest absolute Gasteiger partial charge is 0.196 e. The van der Waals surface area contributed by atoms with Gasteiger partial charge in [0.25, 0.3) is 0 Å². The molecule has 0 radical (unpaired) electrons. The van der Waals surface area contributed by atoms with E-state index in [1.165, 1.54) is 10.8 Å². The van der Waals surface area contributed by atoms with Crippen molar-refractivity contribution in [3.63, 3.8) is 0 Å². The molecule has 0 aliphatic rings. The van der Waals surface area contributed by atoms with Crippen LogP contribution in [0.3, 0.4) is 0 Å². The maximum Gasteiger partial charge on any atom is 0.196 e. The largest absolute Gasteiger partial charge is 0.379 e. The van der Waals surface area contributed by atoms with E-state index in [1.807, 2.05) is 133 Å². The second kappa shape index (κ2) is 18.8. The van der Waals surface area contributed by atoms with Crippen molar-refractivity contribution in [3.05, 3.63) is 104 Å². The third-order valence-electron chi connectivity index (χ3n) is 4.46. The number of nitrogen functional groups attached to an aromatic ring is 1. The molecule has 0 saturated heterocycles. The number of nitrogens with one attached hydrogen (secondary N) is 1. The van der Waals surface area contributed by atoms with Crippen LogP contribution in [-0.4, -0.2) is 25.5 Å². The molecule has 3 N–H and O–H groups in total. The fraction of sp³-hybridized carbons (Fsp3) is 0.200. The SMILES string of the molecule is CC.CC.CC.Nc1nonc1-c1ccccc1.c1ccc2[nH]ncc2c1.c1ccc2cnccc2c1. The molecule has 6 rings (SSSR count). The van der Waals surface area contributed by atoms with Gasteiger partial charge in [0, 0.05) is 23.3 Å². The fourth-order valence-corrected chi connectivity index (χ4v) is 2.90. The van der Waals surface area contributed by atoms with E-state index in [0.717, 1.165) is 16.5 Å². The van der Waals surface area contributed by atoms with Crippen molar-refractivity contribution in [1.82, 2.24) is 25.5 Å². The number of hydrogen-bond donors (Lipinski definition) is 2. The summed E-state index contributed by atoms with van der Waals surface area (Å²) in [4.78, 5) is 4.01. The molecule has 0 bridgehead atoms. The molecule has 0 spiro atoms. The molecule has 3 aromatic carbocycles. The molecule has 0 aliphatic carbocycles. The molecule has 0 aliphatic heterocycles. The lowest BCUT2D eigenvalue weighted by molar-refractivity contribution is 0.310. The summed E-state index contributed by atoms with van der Waals surface area (Å²) in [6, 6.07) is 27.7. The molecule has 7 nitrogen and oxygen atoms in total. The Hall–Kier alpha value is -4.52. The molecule has 0 unspecified atom stereocenters. The van der Waals surface area contributed by atoms with E-state index in [1.54, 1.807) is 0 Å². The first-order valence-electron chi connectivity index (χ1n) is 12.6. The first-order chi connectivity index (χ1) is 18.3. The van der Waals surface area contributed by atoms with Crippen LogP contribution in [0.25, 0.3) is 32.9 Å². The Labute approximate surface area is 219 Å². The maximum atomic E-state index is 5.51. The van der Waals surface area contributed by atoms with Crippen molar-refractivity contribution in [3.8, 4) is 11.3 Å². The van der Waals surface area contributed by atoms with Crippen molar-refractivity contribution in [1.29, 1.82) is 0 Å². The number of benzene rings is 3. The Morgan fingerprint density at radius 2 is 1.22 bits per heavy atom. The molecule has 3 aromatic heterocycles. The summed E-state index contributed by atoms with van der Waals surface area (Å²) < 4.78 is 4.47. The van der Waals surface area contributed by atoms with Crippen molar-refractivity contribution >= 4 is 27.5 Å². The highest BCUT2D eigenvalue weighted by molar-refractivity contribution is 5.81. The molecular weight excluding hydrogens is 460 g/mol. The average molecular weight is 499 g/mol. The number of pyridine rings is 1. The zero-order valence-electron chi connectivity index (χ0n) is 22.6. The highest BCUT2D eigenvalue weighted by Gasteiger charge is 2.06. The molecule has 37 heavy (non-hydrogen) atoms. The van der Waals surface area contributed by atoms with Crippen LogP contribution < -0.4 is 5.73 Å². The summed E-state index contributed by atoms with van der Waals surface area (Å²) >= 11 is 0. The number of para-hydroxylation sites is 1. The van der Waals surface area contributed by atoms with Crippen molar-refractivity contribution in [2.24, 2.45) is 0 Å². The minimum Gasteiger partial charge on any atom is -0.379 e. The molecule has 0 saturated carbocycles. The summed E-state index contributed by atoms with van der Waals surface area (Å²) in [5.74, 6) is 0.321. The number of aromatic amines is 1. The van der Waals surface area contributed by atoms with Gasteiger partial charge in [-0.2, -0.15) is 5.10 Å². The number of fused-ring (bicyclic) bond motifs is 2. The molecule has 0 atom stereocenters. The number of hydrogen-bond acceptors (Lipinski definition) is 6. The number of nitrogens with two attached hydrogens (primary N) is 1. The lowest BCUT2D eigenvalue weighted by Crippen LogP contribution is -1.87. The van der Waals surface area contributed by atoms with Gasteiger partial charge < -0.3 is 5.73 Å². The zero-order valence-corrected chi connectivity index (χ0v) is 22.6. The number of nitrogens with zero attached hydrogens (tertiary/aromatic N) is 4. The highest BCUT2D eigenvalue weighted by Crippen LogP contribution is 2.20. The van der Waals surface area contributed by atoms with Crippen LogP contribution in [-0.2, 0) is 0 Å². The molecule has 0 amide bonds.